The van der Waals surface area contributed by atoms with Crippen molar-refractivity contribution in [1.29, 1.82) is 0 Å². The Morgan fingerprint density at radius 1 is 1.28 bits per heavy atom. The van der Waals surface area contributed by atoms with Gasteiger partial charge >= 0.3 is 5.97 Å². The monoisotopic (exact) mass is 272 g/mol. The van der Waals surface area contributed by atoms with Crippen molar-refractivity contribution < 1.29 is 14.7 Å². The Kier molecular flexibility index (Phi) is 4.50. The maximum absolute atomic E-state index is 11.9. The molecular weight excluding hydrogens is 252 g/mol. The molecule has 2 aliphatic rings. The van der Waals surface area contributed by atoms with Crippen LogP contribution in [0.5, 0.6) is 0 Å². The fourth-order valence-electron chi connectivity index (χ4n) is 2.92. The van der Waals surface area contributed by atoms with Crippen molar-refractivity contribution in [2.24, 2.45) is 11.7 Å². The van der Waals surface area contributed by atoms with E-state index in [2.05, 4.69) is 0 Å². The van der Waals surface area contributed by atoms with Crippen molar-refractivity contribution in [3.05, 3.63) is 0 Å². The molecule has 1 saturated carbocycles. The minimum Gasteiger partial charge on any atom is -0.480 e. The maximum atomic E-state index is 11.9. The number of rotatable bonds is 3. The summed E-state index contributed by atoms with van der Waals surface area (Å²) in [7, 11) is 0. The molecule has 6 heteroatoms. The normalized spacial score (nSPS) is 29.5. The summed E-state index contributed by atoms with van der Waals surface area (Å²) >= 11 is 1.61. The van der Waals surface area contributed by atoms with Gasteiger partial charge in [-0.15, -0.1) is 11.8 Å². The lowest BCUT2D eigenvalue weighted by atomic mass is 9.88. The van der Waals surface area contributed by atoms with Crippen LogP contribution in [0.25, 0.3) is 0 Å². The molecule has 1 amide bonds. The number of hydrogen-bond donors (Lipinski definition) is 2. The Morgan fingerprint density at radius 3 is 2.50 bits per heavy atom. The quantitative estimate of drug-likeness (QED) is 0.797. The lowest BCUT2D eigenvalue weighted by molar-refractivity contribution is -0.149. The average Bonchev–Trinajstić information content (AvgIpc) is 2.83. The number of carbonyl (C=O) groups excluding carboxylic acids is 1. The second-order valence-corrected chi connectivity index (χ2v) is 6.13. The Morgan fingerprint density at radius 2 is 1.94 bits per heavy atom. The summed E-state index contributed by atoms with van der Waals surface area (Å²) in [4.78, 5) is 24.6. The lowest BCUT2D eigenvalue weighted by Crippen LogP contribution is -2.50. The first-order valence-electron chi connectivity index (χ1n) is 6.50. The molecule has 102 valence electrons. The van der Waals surface area contributed by atoms with Gasteiger partial charge in [-0.2, -0.15) is 0 Å². The number of aliphatic carboxylic acids is 1. The molecule has 0 radical (unpaired) electrons. The van der Waals surface area contributed by atoms with E-state index in [0.29, 0.717) is 11.7 Å². The van der Waals surface area contributed by atoms with Crippen LogP contribution in [0.15, 0.2) is 0 Å². The van der Waals surface area contributed by atoms with Gasteiger partial charge < -0.3 is 15.7 Å². The topological polar surface area (TPSA) is 83.6 Å². The van der Waals surface area contributed by atoms with E-state index in [4.69, 9.17) is 5.73 Å². The summed E-state index contributed by atoms with van der Waals surface area (Å²) in [5.74, 6) is -0.225. The fourth-order valence-corrected chi connectivity index (χ4v) is 4.57. The van der Waals surface area contributed by atoms with Crippen LogP contribution in [0, 0.1) is 5.92 Å². The third kappa shape index (κ3) is 2.64. The summed E-state index contributed by atoms with van der Waals surface area (Å²) in [6.45, 7) is -0.104. The highest BCUT2D eigenvalue weighted by molar-refractivity contribution is 8.00. The first-order valence-corrected chi connectivity index (χ1v) is 7.55. The molecule has 1 unspecified atom stereocenters. The molecular formula is C12H20N2O3S. The van der Waals surface area contributed by atoms with Gasteiger partial charge in [-0.05, 0) is 18.8 Å². The van der Waals surface area contributed by atoms with Gasteiger partial charge in [-0.25, -0.2) is 4.79 Å². The third-order valence-electron chi connectivity index (χ3n) is 3.84. The molecule has 1 heterocycles. The predicted octanol–water partition coefficient (Wildman–Crippen LogP) is 0.880. The standard InChI is InChI=1S/C12H20N2O3S/c13-6-10(15)14-9(12(16)17)7-18-11(14)8-4-2-1-3-5-8/h8-9,11H,1-7,13H2,(H,16,17)/t9-,11?/m0/s1. The molecule has 18 heavy (non-hydrogen) atoms. The Bertz CT molecular complexity index is 331. The molecule has 0 aromatic carbocycles. The van der Waals surface area contributed by atoms with Crippen LogP contribution < -0.4 is 5.73 Å². The summed E-state index contributed by atoms with van der Waals surface area (Å²) < 4.78 is 0. The van der Waals surface area contributed by atoms with Crippen LogP contribution in [0.4, 0.5) is 0 Å². The number of hydrogen-bond acceptors (Lipinski definition) is 4. The van der Waals surface area contributed by atoms with Gasteiger partial charge in [-0.1, -0.05) is 19.3 Å². The molecule has 1 aliphatic heterocycles. The van der Waals surface area contributed by atoms with Crippen LogP contribution >= 0.6 is 11.8 Å². The van der Waals surface area contributed by atoms with Crippen molar-refractivity contribution >= 4 is 23.6 Å². The van der Waals surface area contributed by atoms with Gasteiger partial charge in [0.05, 0.1) is 11.9 Å². The average molecular weight is 272 g/mol. The Hall–Kier alpha value is -0.750. The van der Waals surface area contributed by atoms with Crippen LogP contribution in [0.1, 0.15) is 32.1 Å². The van der Waals surface area contributed by atoms with Gasteiger partial charge in [0.2, 0.25) is 5.91 Å². The van der Waals surface area contributed by atoms with E-state index in [9.17, 15) is 14.7 Å². The summed E-state index contributed by atoms with van der Waals surface area (Å²) in [5.41, 5.74) is 5.41. The smallest absolute Gasteiger partial charge is 0.327 e. The van der Waals surface area contributed by atoms with Gasteiger partial charge in [0.15, 0.2) is 0 Å². The van der Waals surface area contributed by atoms with Gasteiger partial charge in [0.25, 0.3) is 0 Å². The van der Waals surface area contributed by atoms with E-state index in [-0.39, 0.29) is 17.8 Å². The van der Waals surface area contributed by atoms with Crippen molar-refractivity contribution in [2.75, 3.05) is 12.3 Å². The molecule has 5 nitrogen and oxygen atoms in total. The number of carbonyl (C=O) groups is 2. The van der Waals surface area contributed by atoms with Crippen LogP contribution in [-0.4, -0.2) is 45.6 Å². The number of carboxylic acids is 1. The van der Waals surface area contributed by atoms with Crippen LogP contribution in [0.3, 0.4) is 0 Å². The van der Waals surface area contributed by atoms with E-state index >= 15 is 0 Å². The van der Waals surface area contributed by atoms with E-state index < -0.39 is 12.0 Å². The van der Waals surface area contributed by atoms with Crippen molar-refractivity contribution in [3.8, 4) is 0 Å². The zero-order valence-electron chi connectivity index (χ0n) is 10.4. The van der Waals surface area contributed by atoms with E-state index in [1.54, 1.807) is 11.8 Å². The molecule has 3 N–H and O–H groups in total. The second kappa shape index (κ2) is 5.93. The Labute approximate surface area is 111 Å². The molecule has 1 saturated heterocycles. The maximum Gasteiger partial charge on any atom is 0.327 e. The highest BCUT2D eigenvalue weighted by atomic mass is 32.2. The van der Waals surface area contributed by atoms with Gasteiger partial charge in [0, 0.05) is 5.75 Å². The van der Waals surface area contributed by atoms with Gasteiger partial charge in [-0.3, -0.25) is 4.79 Å². The number of nitrogens with zero attached hydrogens (tertiary/aromatic N) is 1. The van der Waals surface area contributed by atoms with Crippen molar-refractivity contribution in [1.82, 2.24) is 4.90 Å². The first-order chi connectivity index (χ1) is 8.65. The van der Waals surface area contributed by atoms with Gasteiger partial charge in [0.1, 0.15) is 6.04 Å². The lowest BCUT2D eigenvalue weighted by Gasteiger charge is -2.34. The van der Waals surface area contributed by atoms with Crippen molar-refractivity contribution in [3.63, 3.8) is 0 Å². The number of carboxylic acid groups (broad SMARTS) is 1. The number of thioether (sulfide) groups is 1. The molecule has 2 rings (SSSR count). The second-order valence-electron chi connectivity index (χ2n) is 4.98. The van der Waals surface area contributed by atoms with E-state index in [1.165, 1.54) is 24.2 Å². The minimum atomic E-state index is -0.914. The molecule has 0 aromatic heterocycles. The molecule has 2 atom stereocenters. The largest absolute Gasteiger partial charge is 0.480 e. The highest BCUT2D eigenvalue weighted by Crippen LogP contribution is 2.40. The molecule has 0 spiro atoms. The minimum absolute atomic E-state index is 0.0162. The van der Waals surface area contributed by atoms with Crippen molar-refractivity contribution in [2.45, 2.75) is 43.5 Å². The first kappa shape index (κ1) is 13.7. The summed E-state index contributed by atoms with van der Waals surface area (Å²) in [5, 5.41) is 9.21. The number of amides is 1. The molecule has 1 aliphatic carbocycles. The third-order valence-corrected chi connectivity index (χ3v) is 5.30. The zero-order valence-corrected chi connectivity index (χ0v) is 11.2. The predicted molar refractivity (Wildman–Crippen MR) is 70.1 cm³/mol. The Balaban J connectivity index is 2.13. The molecule has 2 fully saturated rings. The zero-order chi connectivity index (χ0) is 13.1. The fraction of sp³-hybridized carbons (Fsp3) is 0.833. The van der Waals surface area contributed by atoms with Crippen LogP contribution in [-0.2, 0) is 9.59 Å². The summed E-state index contributed by atoms with van der Waals surface area (Å²) in [6.07, 6.45) is 5.81. The highest BCUT2D eigenvalue weighted by Gasteiger charge is 2.44. The van der Waals surface area contributed by atoms with E-state index in [0.717, 1.165) is 12.8 Å². The summed E-state index contributed by atoms with van der Waals surface area (Å²) in [6, 6.07) is -0.696. The van der Waals surface area contributed by atoms with E-state index in [1.807, 2.05) is 0 Å². The van der Waals surface area contributed by atoms with Crippen LogP contribution in [0.2, 0.25) is 0 Å². The number of nitrogens with two attached hydrogens (primary N) is 1. The molecule has 0 bridgehead atoms. The molecule has 0 aromatic rings. The SMILES string of the molecule is NCC(=O)N1C(C2CCCCC2)SC[C@H]1C(=O)O.